The summed E-state index contributed by atoms with van der Waals surface area (Å²) in [6.45, 7) is 1.89. The summed E-state index contributed by atoms with van der Waals surface area (Å²) in [7, 11) is 3.08. The highest BCUT2D eigenvalue weighted by molar-refractivity contribution is 6.00. The van der Waals surface area contributed by atoms with Gasteiger partial charge in [-0.1, -0.05) is 24.3 Å². The molecule has 1 amide bonds. The van der Waals surface area contributed by atoms with Crippen LogP contribution in [0, 0.1) is 6.92 Å². The fraction of sp³-hybridized carbons (Fsp3) is 0.263. The van der Waals surface area contributed by atoms with Crippen molar-refractivity contribution in [1.29, 1.82) is 0 Å². The Labute approximate surface area is 141 Å². The van der Waals surface area contributed by atoms with E-state index in [1.165, 1.54) is 7.11 Å². The van der Waals surface area contributed by atoms with Crippen LogP contribution in [0.3, 0.4) is 0 Å². The predicted octanol–water partition coefficient (Wildman–Crippen LogP) is 3.61. The van der Waals surface area contributed by atoms with Crippen molar-refractivity contribution in [2.45, 2.75) is 19.8 Å². The van der Waals surface area contributed by atoms with Gasteiger partial charge in [0.2, 0.25) is 5.91 Å². The van der Waals surface area contributed by atoms with E-state index >= 15 is 0 Å². The third-order valence-corrected chi connectivity index (χ3v) is 3.69. The Kier molecular flexibility index (Phi) is 5.95. The lowest BCUT2D eigenvalue weighted by atomic mass is 10.0. The molecule has 0 bridgehead atoms. The molecular weight excluding hydrogens is 306 g/mol. The first-order valence-corrected chi connectivity index (χ1v) is 7.66. The van der Waals surface area contributed by atoms with Crippen LogP contribution < -0.4 is 14.8 Å². The van der Waals surface area contributed by atoms with Crippen LogP contribution in [0.25, 0.3) is 0 Å². The SMILES string of the molecule is COc1ccc(NC(=O)CCC(=O)c2ccccc2C)cc1OC. The average Bonchev–Trinajstić information content (AvgIpc) is 2.60. The number of benzene rings is 2. The maximum Gasteiger partial charge on any atom is 0.224 e. The fourth-order valence-corrected chi connectivity index (χ4v) is 2.38. The number of methoxy groups -OCH3 is 2. The van der Waals surface area contributed by atoms with Crippen LogP contribution >= 0.6 is 0 Å². The van der Waals surface area contributed by atoms with Crippen molar-refractivity contribution in [3.63, 3.8) is 0 Å². The normalized spacial score (nSPS) is 10.1. The number of nitrogens with one attached hydrogen (secondary N) is 1. The maximum atomic E-state index is 12.2. The van der Waals surface area contributed by atoms with Crippen molar-refractivity contribution < 1.29 is 19.1 Å². The van der Waals surface area contributed by atoms with Gasteiger partial charge in [-0.05, 0) is 24.6 Å². The lowest BCUT2D eigenvalue weighted by Gasteiger charge is -2.10. The molecule has 0 aliphatic heterocycles. The quantitative estimate of drug-likeness (QED) is 0.789. The summed E-state index contributed by atoms with van der Waals surface area (Å²) in [5.74, 6) is 0.872. The van der Waals surface area contributed by atoms with Crippen molar-refractivity contribution in [1.82, 2.24) is 0 Å². The van der Waals surface area contributed by atoms with Crippen LogP contribution in [-0.4, -0.2) is 25.9 Å². The molecular formula is C19H21NO4. The van der Waals surface area contributed by atoms with E-state index < -0.39 is 0 Å². The van der Waals surface area contributed by atoms with Gasteiger partial charge in [0.1, 0.15) is 0 Å². The third kappa shape index (κ3) is 4.35. The second-order valence-corrected chi connectivity index (χ2v) is 5.36. The summed E-state index contributed by atoms with van der Waals surface area (Å²) in [5, 5.41) is 2.76. The van der Waals surface area contributed by atoms with E-state index in [4.69, 9.17) is 9.47 Å². The summed E-state index contributed by atoms with van der Waals surface area (Å²) >= 11 is 0. The first-order valence-electron chi connectivity index (χ1n) is 7.66. The Morgan fingerprint density at radius 3 is 2.33 bits per heavy atom. The Hall–Kier alpha value is -2.82. The van der Waals surface area contributed by atoms with Gasteiger partial charge in [-0.3, -0.25) is 9.59 Å². The Bertz CT molecular complexity index is 740. The number of carbonyl (C=O) groups excluding carboxylic acids is 2. The number of ether oxygens (including phenoxy) is 2. The largest absolute Gasteiger partial charge is 0.493 e. The van der Waals surface area contributed by atoms with E-state index in [2.05, 4.69) is 5.32 Å². The summed E-state index contributed by atoms with van der Waals surface area (Å²) in [5.41, 5.74) is 2.18. The lowest BCUT2D eigenvalue weighted by molar-refractivity contribution is -0.116. The zero-order chi connectivity index (χ0) is 17.5. The molecule has 0 radical (unpaired) electrons. The first-order chi connectivity index (χ1) is 11.5. The summed E-state index contributed by atoms with van der Waals surface area (Å²) in [6.07, 6.45) is 0.297. The first kappa shape index (κ1) is 17.5. The van der Waals surface area contributed by atoms with E-state index in [1.54, 1.807) is 31.4 Å². The number of hydrogen-bond acceptors (Lipinski definition) is 4. The summed E-state index contributed by atoms with van der Waals surface area (Å²) in [6, 6.07) is 12.5. The van der Waals surface area contributed by atoms with Crippen LogP contribution in [-0.2, 0) is 4.79 Å². The fourth-order valence-electron chi connectivity index (χ4n) is 2.38. The Morgan fingerprint density at radius 1 is 0.958 bits per heavy atom. The molecule has 0 fully saturated rings. The second-order valence-electron chi connectivity index (χ2n) is 5.36. The molecule has 0 aliphatic rings. The van der Waals surface area contributed by atoms with Crippen LogP contribution in [0.15, 0.2) is 42.5 Å². The average molecular weight is 327 g/mol. The highest BCUT2D eigenvalue weighted by atomic mass is 16.5. The van der Waals surface area contributed by atoms with E-state index in [0.717, 1.165) is 5.56 Å². The van der Waals surface area contributed by atoms with Crippen molar-refractivity contribution in [3.8, 4) is 11.5 Å². The van der Waals surface area contributed by atoms with Crippen molar-refractivity contribution in [2.24, 2.45) is 0 Å². The van der Waals surface area contributed by atoms with E-state index in [0.29, 0.717) is 22.7 Å². The molecule has 0 saturated carbocycles. The molecule has 5 heteroatoms. The van der Waals surface area contributed by atoms with E-state index in [1.807, 2.05) is 25.1 Å². The highest BCUT2D eigenvalue weighted by Gasteiger charge is 2.12. The van der Waals surface area contributed by atoms with Crippen molar-refractivity contribution in [2.75, 3.05) is 19.5 Å². The van der Waals surface area contributed by atoms with E-state index in [9.17, 15) is 9.59 Å². The minimum absolute atomic E-state index is 0.0319. The summed E-state index contributed by atoms with van der Waals surface area (Å²) in [4.78, 5) is 24.2. The van der Waals surface area contributed by atoms with Crippen LogP contribution in [0.2, 0.25) is 0 Å². The number of aryl methyl sites for hydroxylation is 1. The zero-order valence-corrected chi connectivity index (χ0v) is 14.1. The number of amides is 1. The highest BCUT2D eigenvalue weighted by Crippen LogP contribution is 2.29. The smallest absolute Gasteiger partial charge is 0.224 e. The lowest BCUT2D eigenvalue weighted by Crippen LogP contribution is -2.14. The Morgan fingerprint density at radius 2 is 1.67 bits per heavy atom. The van der Waals surface area contributed by atoms with E-state index in [-0.39, 0.29) is 24.5 Å². The van der Waals surface area contributed by atoms with Gasteiger partial charge in [0, 0.05) is 30.2 Å². The van der Waals surface area contributed by atoms with Gasteiger partial charge in [0.25, 0.3) is 0 Å². The topological polar surface area (TPSA) is 64.6 Å². The number of rotatable bonds is 7. The monoisotopic (exact) mass is 327 g/mol. The molecule has 2 aromatic rings. The molecule has 2 aromatic carbocycles. The van der Waals surface area contributed by atoms with Crippen LogP contribution in [0.4, 0.5) is 5.69 Å². The van der Waals surface area contributed by atoms with Crippen LogP contribution in [0.1, 0.15) is 28.8 Å². The predicted molar refractivity (Wildman–Crippen MR) is 92.9 cm³/mol. The zero-order valence-electron chi connectivity index (χ0n) is 14.1. The molecule has 0 unspecified atom stereocenters. The Balaban J connectivity index is 1.94. The number of Topliss-reactive ketones (excluding diaryl/α,β-unsaturated/α-hetero) is 1. The van der Waals surface area contributed by atoms with Crippen LogP contribution in [0.5, 0.6) is 11.5 Å². The molecule has 2 rings (SSSR count). The molecule has 0 saturated heterocycles. The van der Waals surface area contributed by atoms with Gasteiger partial charge in [0.05, 0.1) is 14.2 Å². The minimum atomic E-state index is -0.218. The molecule has 1 N–H and O–H groups in total. The molecule has 5 nitrogen and oxygen atoms in total. The van der Waals surface area contributed by atoms with Gasteiger partial charge in [0.15, 0.2) is 17.3 Å². The number of anilines is 1. The van der Waals surface area contributed by atoms with Crippen molar-refractivity contribution in [3.05, 3.63) is 53.6 Å². The third-order valence-electron chi connectivity index (χ3n) is 3.69. The molecule has 126 valence electrons. The minimum Gasteiger partial charge on any atom is -0.493 e. The molecule has 0 aromatic heterocycles. The maximum absolute atomic E-state index is 12.2. The van der Waals surface area contributed by atoms with Gasteiger partial charge in [-0.15, -0.1) is 0 Å². The van der Waals surface area contributed by atoms with Crippen molar-refractivity contribution >= 4 is 17.4 Å². The van der Waals surface area contributed by atoms with Gasteiger partial charge in [-0.25, -0.2) is 0 Å². The molecule has 0 spiro atoms. The number of ketones is 1. The number of hydrogen-bond donors (Lipinski definition) is 1. The van der Waals surface area contributed by atoms with Gasteiger partial charge < -0.3 is 14.8 Å². The molecule has 0 heterocycles. The summed E-state index contributed by atoms with van der Waals surface area (Å²) < 4.78 is 10.4. The molecule has 0 aliphatic carbocycles. The number of carbonyl (C=O) groups is 2. The molecule has 0 atom stereocenters. The molecule has 24 heavy (non-hydrogen) atoms. The van der Waals surface area contributed by atoms with Gasteiger partial charge >= 0.3 is 0 Å². The standard InChI is InChI=1S/C19H21NO4/c1-13-6-4-5-7-15(13)16(21)9-11-19(22)20-14-8-10-17(23-2)18(12-14)24-3/h4-8,10,12H,9,11H2,1-3H3,(H,20,22). The second kappa shape index (κ2) is 8.15. The van der Waals surface area contributed by atoms with Gasteiger partial charge in [-0.2, -0.15) is 0 Å².